The molecule has 1 aliphatic rings. The monoisotopic (exact) mass is 217 g/mol. The highest BCUT2D eigenvalue weighted by molar-refractivity contribution is 7.17. The third kappa shape index (κ3) is 1.68. The molecular formula is C13H15NS. The van der Waals surface area contributed by atoms with E-state index in [4.69, 9.17) is 0 Å². The van der Waals surface area contributed by atoms with Gasteiger partial charge in [-0.2, -0.15) is 0 Å². The van der Waals surface area contributed by atoms with Crippen LogP contribution in [0.25, 0.3) is 10.1 Å². The number of rotatable bonds is 1. The molecule has 0 spiro atoms. The molecule has 3 rings (SSSR count). The molecule has 1 saturated heterocycles. The quantitative estimate of drug-likeness (QED) is 0.772. The normalized spacial score (nSPS) is 22.0. The molecule has 2 heteroatoms. The van der Waals surface area contributed by atoms with Crippen molar-refractivity contribution >= 4 is 21.4 Å². The first-order valence-corrected chi connectivity index (χ1v) is 6.50. The average Bonchev–Trinajstić information content (AvgIpc) is 2.74. The molecule has 0 saturated carbocycles. The van der Waals surface area contributed by atoms with Crippen molar-refractivity contribution in [2.45, 2.75) is 18.8 Å². The molecule has 1 N–H and O–H groups in total. The van der Waals surface area contributed by atoms with Crippen LogP contribution in [0.4, 0.5) is 0 Å². The van der Waals surface area contributed by atoms with E-state index >= 15 is 0 Å². The Hall–Kier alpha value is -0.860. The Labute approximate surface area is 94.1 Å². The minimum atomic E-state index is 0.731. The summed E-state index contributed by atoms with van der Waals surface area (Å²) in [5.41, 5.74) is 1.56. The van der Waals surface area contributed by atoms with Crippen LogP contribution in [-0.2, 0) is 0 Å². The number of fused-ring (bicyclic) bond motifs is 1. The second-order valence-electron chi connectivity index (χ2n) is 4.23. The second kappa shape index (κ2) is 3.95. The van der Waals surface area contributed by atoms with E-state index in [0.29, 0.717) is 0 Å². The molecule has 2 aromatic rings. The van der Waals surface area contributed by atoms with E-state index in [2.05, 4.69) is 35.0 Å². The number of thiophene rings is 1. The largest absolute Gasteiger partial charge is 0.316 e. The van der Waals surface area contributed by atoms with E-state index in [1.807, 2.05) is 11.3 Å². The van der Waals surface area contributed by atoms with E-state index in [1.54, 1.807) is 5.56 Å². The molecule has 1 nitrogen and oxygen atoms in total. The molecule has 0 bridgehead atoms. The van der Waals surface area contributed by atoms with Gasteiger partial charge in [0.2, 0.25) is 0 Å². The third-order valence-corrected chi connectivity index (χ3v) is 4.23. The first kappa shape index (κ1) is 9.37. The van der Waals surface area contributed by atoms with E-state index in [0.717, 1.165) is 12.5 Å². The van der Waals surface area contributed by atoms with Gasteiger partial charge in [0.1, 0.15) is 0 Å². The maximum Gasteiger partial charge on any atom is 0.0345 e. The summed E-state index contributed by atoms with van der Waals surface area (Å²) < 4.78 is 1.43. The van der Waals surface area contributed by atoms with Crippen molar-refractivity contribution in [3.63, 3.8) is 0 Å². The van der Waals surface area contributed by atoms with Gasteiger partial charge in [-0.3, -0.25) is 0 Å². The zero-order chi connectivity index (χ0) is 10.1. The Morgan fingerprint density at radius 2 is 2.20 bits per heavy atom. The fraction of sp³-hybridized carbons (Fsp3) is 0.385. The summed E-state index contributed by atoms with van der Waals surface area (Å²) in [6.07, 6.45) is 2.66. The molecule has 0 aliphatic carbocycles. The van der Waals surface area contributed by atoms with Gasteiger partial charge >= 0.3 is 0 Å². The average molecular weight is 217 g/mol. The zero-order valence-electron chi connectivity index (χ0n) is 8.70. The minimum absolute atomic E-state index is 0.731. The van der Waals surface area contributed by atoms with Crippen molar-refractivity contribution in [1.29, 1.82) is 0 Å². The predicted octanol–water partition coefficient (Wildman–Crippen LogP) is 3.37. The van der Waals surface area contributed by atoms with Gasteiger partial charge in [-0.15, -0.1) is 11.3 Å². The van der Waals surface area contributed by atoms with Crippen LogP contribution in [-0.4, -0.2) is 13.1 Å². The third-order valence-electron chi connectivity index (χ3n) is 3.25. The highest BCUT2D eigenvalue weighted by Crippen LogP contribution is 2.33. The van der Waals surface area contributed by atoms with Gasteiger partial charge in [-0.1, -0.05) is 18.2 Å². The number of hydrogen-bond acceptors (Lipinski definition) is 2. The van der Waals surface area contributed by atoms with Gasteiger partial charge in [0.05, 0.1) is 0 Å². The van der Waals surface area contributed by atoms with Crippen LogP contribution >= 0.6 is 11.3 Å². The van der Waals surface area contributed by atoms with Crippen molar-refractivity contribution in [3.05, 3.63) is 35.2 Å². The standard InChI is InChI=1S/C13H15NS/c1-2-6-13-11(5-1)12(9-15-13)10-4-3-7-14-8-10/h1-2,5-6,9-10,14H,3-4,7-8H2. The lowest BCUT2D eigenvalue weighted by Crippen LogP contribution is -2.28. The topological polar surface area (TPSA) is 12.0 Å². The Morgan fingerprint density at radius 3 is 3.07 bits per heavy atom. The first-order chi connectivity index (χ1) is 7.45. The van der Waals surface area contributed by atoms with E-state index in [9.17, 15) is 0 Å². The molecular weight excluding hydrogens is 202 g/mol. The molecule has 0 radical (unpaired) electrons. The highest BCUT2D eigenvalue weighted by atomic mass is 32.1. The number of benzene rings is 1. The van der Waals surface area contributed by atoms with Crippen LogP contribution in [0.5, 0.6) is 0 Å². The zero-order valence-corrected chi connectivity index (χ0v) is 9.52. The maximum atomic E-state index is 3.49. The van der Waals surface area contributed by atoms with Crippen LogP contribution < -0.4 is 5.32 Å². The summed E-state index contributed by atoms with van der Waals surface area (Å²) in [6, 6.07) is 8.76. The van der Waals surface area contributed by atoms with Crippen LogP contribution in [0.1, 0.15) is 24.3 Å². The van der Waals surface area contributed by atoms with Crippen LogP contribution in [0.2, 0.25) is 0 Å². The van der Waals surface area contributed by atoms with Gasteiger partial charge < -0.3 is 5.32 Å². The second-order valence-corrected chi connectivity index (χ2v) is 5.14. The van der Waals surface area contributed by atoms with Gasteiger partial charge in [0, 0.05) is 11.2 Å². The van der Waals surface area contributed by atoms with Gasteiger partial charge in [-0.25, -0.2) is 0 Å². The smallest absolute Gasteiger partial charge is 0.0345 e. The summed E-state index contributed by atoms with van der Waals surface area (Å²) in [7, 11) is 0. The number of nitrogens with one attached hydrogen (secondary N) is 1. The van der Waals surface area contributed by atoms with Gasteiger partial charge in [0.25, 0.3) is 0 Å². The van der Waals surface area contributed by atoms with E-state index < -0.39 is 0 Å². The maximum absolute atomic E-state index is 3.49. The Morgan fingerprint density at radius 1 is 1.27 bits per heavy atom. The van der Waals surface area contributed by atoms with Crippen LogP contribution in [0.3, 0.4) is 0 Å². The fourth-order valence-corrected chi connectivity index (χ4v) is 3.48. The lowest BCUT2D eigenvalue weighted by atomic mass is 9.91. The Balaban J connectivity index is 2.02. The Kier molecular flexibility index (Phi) is 2.47. The molecule has 1 unspecified atom stereocenters. The first-order valence-electron chi connectivity index (χ1n) is 5.62. The van der Waals surface area contributed by atoms with Crippen molar-refractivity contribution in [2.75, 3.05) is 13.1 Å². The minimum Gasteiger partial charge on any atom is -0.316 e. The number of hydrogen-bond donors (Lipinski definition) is 1. The van der Waals surface area contributed by atoms with Crippen molar-refractivity contribution < 1.29 is 0 Å². The molecule has 1 atom stereocenters. The molecule has 1 aromatic carbocycles. The fourth-order valence-electron chi connectivity index (χ4n) is 2.43. The molecule has 78 valence electrons. The van der Waals surface area contributed by atoms with Crippen molar-refractivity contribution in [2.24, 2.45) is 0 Å². The van der Waals surface area contributed by atoms with Gasteiger partial charge in [-0.05, 0) is 47.7 Å². The molecule has 0 amide bonds. The van der Waals surface area contributed by atoms with Gasteiger partial charge in [0.15, 0.2) is 0 Å². The SMILES string of the molecule is c1ccc2c(C3CCCNC3)csc2c1. The summed E-state index contributed by atoms with van der Waals surface area (Å²) >= 11 is 1.88. The van der Waals surface area contributed by atoms with Crippen molar-refractivity contribution in [1.82, 2.24) is 5.32 Å². The predicted molar refractivity (Wildman–Crippen MR) is 66.7 cm³/mol. The van der Waals surface area contributed by atoms with E-state index in [-0.39, 0.29) is 0 Å². The lowest BCUT2D eigenvalue weighted by molar-refractivity contribution is 0.464. The molecule has 15 heavy (non-hydrogen) atoms. The summed E-state index contributed by atoms with van der Waals surface area (Å²) in [5.74, 6) is 0.731. The molecule has 1 fully saturated rings. The summed E-state index contributed by atoms with van der Waals surface area (Å²) in [5, 5.41) is 7.31. The molecule has 1 aromatic heterocycles. The van der Waals surface area contributed by atoms with E-state index in [1.165, 1.54) is 29.5 Å². The molecule has 1 aliphatic heterocycles. The lowest BCUT2D eigenvalue weighted by Gasteiger charge is -2.22. The number of piperidine rings is 1. The Bertz CT molecular complexity index is 454. The highest BCUT2D eigenvalue weighted by Gasteiger charge is 2.17. The van der Waals surface area contributed by atoms with Crippen LogP contribution in [0.15, 0.2) is 29.6 Å². The summed E-state index contributed by atoms with van der Waals surface area (Å²) in [4.78, 5) is 0. The molecule has 2 heterocycles. The van der Waals surface area contributed by atoms with Crippen molar-refractivity contribution in [3.8, 4) is 0 Å². The summed E-state index contributed by atoms with van der Waals surface area (Å²) in [6.45, 7) is 2.35. The van der Waals surface area contributed by atoms with Crippen LogP contribution in [0, 0.1) is 0 Å².